The molecule has 1 aromatic carbocycles. The van der Waals surface area contributed by atoms with Gasteiger partial charge in [-0.25, -0.2) is 0 Å². The van der Waals surface area contributed by atoms with Crippen LogP contribution >= 0.6 is 0 Å². The summed E-state index contributed by atoms with van der Waals surface area (Å²) >= 11 is 0. The van der Waals surface area contributed by atoms with Crippen molar-refractivity contribution in [3.8, 4) is 0 Å². The van der Waals surface area contributed by atoms with E-state index in [1.165, 1.54) is 6.92 Å². The summed E-state index contributed by atoms with van der Waals surface area (Å²) in [5.41, 5.74) is -1.30. The standard InChI is InChI=1S/C17H18F3NO5/c1-10(22)13-3-2-11(17(18,19)20)8-14(13)21(15(23)9-16(24)25)12-4-6-26-7-5-12/h2-3,8,12H,4-7,9H2,1H3,(H,24,25). The van der Waals surface area contributed by atoms with Gasteiger partial charge in [0, 0.05) is 24.8 Å². The zero-order chi connectivity index (χ0) is 19.5. The number of halogens is 3. The number of alkyl halides is 3. The van der Waals surface area contributed by atoms with Crippen molar-refractivity contribution in [2.75, 3.05) is 18.1 Å². The molecule has 26 heavy (non-hydrogen) atoms. The van der Waals surface area contributed by atoms with Gasteiger partial charge in [0.25, 0.3) is 0 Å². The number of benzene rings is 1. The molecule has 1 aliphatic heterocycles. The topological polar surface area (TPSA) is 83.9 Å². The Morgan fingerprint density at radius 3 is 2.35 bits per heavy atom. The molecule has 1 fully saturated rings. The molecule has 0 spiro atoms. The van der Waals surface area contributed by atoms with E-state index < -0.39 is 41.9 Å². The van der Waals surface area contributed by atoms with Crippen LogP contribution in [-0.2, 0) is 20.5 Å². The lowest BCUT2D eigenvalue weighted by molar-refractivity contribution is -0.141. The van der Waals surface area contributed by atoms with Crippen LogP contribution in [0.15, 0.2) is 18.2 Å². The van der Waals surface area contributed by atoms with E-state index in [1.807, 2.05) is 0 Å². The zero-order valence-electron chi connectivity index (χ0n) is 14.0. The highest BCUT2D eigenvalue weighted by molar-refractivity contribution is 6.08. The fraction of sp³-hybridized carbons (Fsp3) is 0.471. The first-order valence-corrected chi connectivity index (χ1v) is 7.95. The van der Waals surface area contributed by atoms with Gasteiger partial charge in [-0.3, -0.25) is 14.4 Å². The molecule has 1 aliphatic rings. The highest BCUT2D eigenvalue weighted by atomic mass is 19.4. The van der Waals surface area contributed by atoms with Gasteiger partial charge in [0.1, 0.15) is 6.42 Å². The Kier molecular flexibility index (Phi) is 6.01. The molecule has 0 aromatic heterocycles. The van der Waals surface area contributed by atoms with Crippen molar-refractivity contribution in [3.63, 3.8) is 0 Å². The van der Waals surface area contributed by atoms with Crippen molar-refractivity contribution in [1.29, 1.82) is 0 Å². The molecule has 1 saturated heterocycles. The first-order valence-electron chi connectivity index (χ1n) is 7.95. The van der Waals surface area contributed by atoms with Gasteiger partial charge >= 0.3 is 12.1 Å². The fourth-order valence-electron chi connectivity index (χ4n) is 2.90. The molecule has 0 saturated carbocycles. The Hall–Kier alpha value is -2.42. The van der Waals surface area contributed by atoms with Gasteiger partial charge in [-0.05, 0) is 38.0 Å². The van der Waals surface area contributed by atoms with Crippen LogP contribution < -0.4 is 4.90 Å². The predicted octanol–water partition coefficient (Wildman–Crippen LogP) is 2.89. The molecule has 0 aliphatic carbocycles. The number of hydrogen-bond acceptors (Lipinski definition) is 4. The van der Waals surface area contributed by atoms with E-state index >= 15 is 0 Å². The minimum atomic E-state index is -4.67. The van der Waals surface area contributed by atoms with Gasteiger partial charge in [-0.15, -0.1) is 0 Å². The van der Waals surface area contributed by atoms with Gasteiger partial charge in [-0.1, -0.05) is 0 Å². The average Bonchev–Trinajstić information content (AvgIpc) is 2.54. The minimum Gasteiger partial charge on any atom is -0.481 e. The van der Waals surface area contributed by atoms with E-state index in [-0.39, 0.29) is 24.5 Å². The summed E-state index contributed by atoms with van der Waals surface area (Å²) < 4.78 is 44.5. The van der Waals surface area contributed by atoms with Crippen molar-refractivity contribution in [3.05, 3.63) is 29.3 Å². The Labute approximate surface area is 147 Å². The number of carboxylic acid groups (broad SMARTS) is 1. The second-order valence-corrected chi connectivity index (χ2v) is 5.96. The Balaban J connectivity index is 2.58. The SMILES string of the molecule is CC(=O)c1ccc(C(F)(F)F)cc1N(C(=O)CC(=O)O)C1CCOCC1. The third-order valence-electron chi connectivity index (χ3n) is 4.09. The van der Waals surface area contributed by atoms with E-state index in [9.17, 15) is 27.6 Å². The van der Waals surface area contributed by atoms with E-state index in [0.29, 0.717) is 12.8 Å². The third-order valence-corrected chi connectivity index (χ3v) is 4.09. The van der Waals surface area contributed by atoms with Crippen LogP contribution in [0.3, 0.4) is 0 Å². The maximum atomic E-state index is 13.1. The number of ketones is 1. The van der Waals surface area contributed by atoms with Crippen LogP contribution in [0.5, 0.6) is 0 Å². The van der Waals surface area contributed by atoms with Gasteiger partial charge < -0.3 is 14.7 Å². The van der Waals surface area contributed by atoms with Crippen molar-refractivity contribution in [1.82, 2.24) is 0 Å². The first-order chi connectivity index (χ1) is 12.1. The van der Waals surface area contributed by atoms with Crippen molar-refractivity contribution in [2.24, 2.45) is 0 Å². The summed E-state index contributed by atoms with van der Waals surface area (Å²) in [5.74, 6) is -2.79. The molecule has 9 heteroatoms. The number of Topliss-reactive ketones (excluding diaryl/α,β-unsaturated/α-hetero) is 1. The summed E-state index contributed by atoms with van der Waals surface area (Å²) in [6.07, 6.45) is -4.88. The average molecular weight is 373 g/mol. The highest BCUT2D eigenvalue weighted by Gasteiger charge is 2.35. The maximum Gasteiger partial charge on any atom is 0.416 e. The molecule has 6 nitrogen and oxygen atoms in total. The van der Waals surface area contributed by atoms with E-state index in [4.69, 9.17) is 9.84 Å². The number of carbonyl (C=O) groups is 3. The van der Waals surface area contributed by atoms with Crippen LogP contribution in [0.1, 0.15) is 42.1 Å². The number of carbonyl (C=O) groups excluding carboxylic acids is 2. The van der Waals surface area contributed by atoms with Crippen LogP contribution in [0.2, 0.25) is 0 Å². The van der Waals surface area contributed by atoms with Gasteiger partial charge in [0.2, 0.25) is 5.91 Å². The lowest BCUT2D eigenvalue weighted by Gasteiger charge is -2.35. The number of rotatable bonds is 5. The van der Waals surface area contributed by atoms with E-state index in [1.54, 1.807) is 0 Å². The molecule has 0 unspecified atom stereocenters. The van der Waals surface area contributed by atoms with Crippen LogP contribution in [0.25, 0.3) is 0 Å². The molecule has 0 radical (unpaired) electrons. The molecule has 1 heterocycles. The lowest BCUT2D eigenvalue weighted by Crippen LogP contribution is -2.45. The van der Waals surface area contributed by atoms with Crippen molar-refractivity contribution in [2.45, 2.75) is 38.4 Å². The fourth-order valence-corrected chi connectivity index (χ4v) is 2.90. The molecule has 0 bridgehead atoms. The summed E-state index contributed by atoms with van der Waals surface area (Å²) in [6, 6.07) is 1.97. The van der Waals surface area contributed by atoms with Crippen molar-refractivity contribution < 1.29 is 37.4 Å². The molecular weight excluding hydrogens is 355 g/mol. The van der Waals surface area contributed by atoms with E-state index in [0.717, 1.165) is 23.1 Å². The molecule has 1 N–H and O–H groups in total. The zero-order valence-corrected chi connectivity index (χ0v) is 14.0. The number of nitrogens with zero attached hydrogens (tertiary/aromatic N) is 1. The summed E-state index contributed by atoms with van der Waals surface area (Å²) in [7, 11) is 0. The Bertz CT molecular complexity index is 711. The molecular formula is C17H18F3NO5. The maximum absolute atomic E-state index is 13.1. The monoisotopic (exact) mass is 373 g/mol. The Morgan fingerprint density at radius 1 is 1.23 bits per heavy atom. The second-order valence-electron chi connectivity index (χ2n) is 5.96. The highest BCUT2D eigenvalue weighted by Crippen LogP contribution is 2.35. The normalized spacial score (nSPS) is 15.5. The quantitative estimate of drug-likeness (QED) is 0.634. The molecule has 1 aromatic rings. The molecule has 142 valence electrons. The smallest absolute Gasteiger partial charge is 0.416 e. The summed E-state index contributed by atoms with van der Waals surface area (Å²) in [4.78, 5) is 36.4. The number of ether oxygens (including phenoxy) is 1. The molecule has 0 atom stereocenters. The van der Waals surface area contributed by atoms with Gasteiger partial charge in [0.15, 0.2) is 5.78 Å². The number of amides is 1. The van der Waals surface area contributed by atoms with Crippen LogP contribution in [0, 0.1) is 0 Å². The van der Waals surface area contributed by atoms with Gasteiger partial charge in [0.05, 0.1) is 11.3 Å². The summed E-state index contributed by atoms with van der Waals surface area (Å²) in [5, 5.41) is 8.92. The number of aliphatic carboxylic acids is 1. The van der Waals surface area contributed by atoms with Crippen LogP contribution in [0.4, 0.5) is 18.9 Å². The first kappa shape index (κ1) is 19.9. The predicted molar refractivity (Wildman–Crippen MR) is 85.0 cm³/mol. The molecule has 1 amide bonds. The lowest BCUT2D eigenvalue weighted by atomic mass is 10.00. The molecule has 2 rings (SSSR count). The second kappa shape index (κ2) is 7.86. The summed E-state index contributed by atoms with van der Waals surface area (Å²) in [6.45, 7) is 1.75. The number of hydrogen-bond donors (Lipinski definition) is 1. The number of carboxylic acids is 1. The van der Waals surface area contributed by atoms with Crippen LogP contribution in [-0.4, -0.2) is 42.0 Å². The third kappa shape index (κ3) is 4.60. The van der Waals surface area contributed by atoms with Gasteiger partial charge in [-0.2, -0.15) is 13.2 Å². The number of anilines is 1. The Morgan fingerprint density at radius 2 is 1.85 bits per heavy atom. The van der Waals surface area contributed by atoms with Crippen molar-refractivity contribution >= 4 is 23.3 Å². The van der Waals surface area contributed by atoms with E-state index in [2.05, 4.69) is 0 Å². The largest absolute Gasteiger partial charge is 0.481 e. The minimum absolute atomic E-state index is 0.0665.